The summed E-state index contributed by atoms with van der Waals surface area (Å²) in [7, 11) is 0. The van der Waals surface area contributed by atoms with Crippen LogP contribution in [0.1, 0.15) is 49.8 Å². The zero-order valence-corrected chi connectivity index (χ0v) is 16.5. The molecular formula is C23H28N2O3. The zero-order chi connectivity index (χ0) is 19.3. The fourth-order valence-electron chi connectivity index (χ4n) is 4.01. The molecule has 4 rings (SSSR count). The number of rotatable bonds is 6. The van der Waals surface area contributed by atoms with Crippen molar-refractivity contribution in [2.24, 2.45) is 5.92 Å². The number of hydrogen-bond acceptors (Lipinski definition) is 5. The van der Waals surface area contributed by atoms with Gasteiger partial charge in [-0.25, -0.2) is 4.98 Å². The van der Waals surface area contributed by atoms with Gasteiger partial charge in [-0.2, -0.15) is 0 Å². The summed E-state index contributed by atoms with van der Waals surface area (Å²) < 4.78 is 11.8. The second kappa shape index (κ2) is 8.74. The molecule has 0 unspecified atom stereocenters. The second-order valence-electron chi connectivity index (χ2n) is 7.93. The second-order valence-corrected chi connectivity index (χ2v) is 7.93. The number of Topliss-reactive ketones (excluding diaryl/α,β-unsaturated/α-hetero) is 1. The molecule has 2 aliphatic rings. The van der Waals surface area contributed by atoms with Gasteiger partial charge in [0.05, 0.1) is 0 Å². The lowest BCUT2D eigenvalue weighted by atomic mass is 9.91. The first-order chi connectivity index (χ1) is 13.7. The fraction of sp³-hybridized carbons (Fsp3) is 0.478. The van der Waals surface area contributed by atoms with E-state index in [-0.39, 0.29) is 6.10 Å². The topological polar surface area (TPSA) is 51.7 Å². The summed E-state index contributed by atoms with van der Waals surface area (Å²) >= 11 is 0. The Morgan fingerprint density at radius 3 is 2.71 bits per heavy atom. The van der Waals surface area contributed by atoms with Crippen LogP contribution in [-0.2, 0) is 11.3 Å². The van der Waals surface area contributed by atoms with E-state index in [1.807, 2.05) is 12.1 Å². The van der Waals surface area contributed by atoms with Gasteiger partial charge < -0.3 is 14.3 Å². The first-order valence-corrected chi connectivity index (χ1v) is 10.2. The number of hydrogen-bond donors (Lipinski definition) is 0. The maximum atomic E-state index is 11.2. The van der Waals surface area contributed by atoms with Crippen molar-refractivity contribution in [2.45, 2.75) is 45.3 Å². The highest BCUT2D eigenvalue weighted by atomic mass is 16.6. The van der Waals surface area contributed by atoms with Crippen molar-refractivity contribution in [3.05, 3.63) is 53.7 Å². The summed E-state index contributed by atoms with van der Waals surface area (Å²) in [6, 6.07) is 12.4. The van der Waals surface area contributed by atoms with E-state index in [1.165, 1.54) is 18.4 Å². The van der Waals surface area contributed by atoms with Gasteiger partial charge in [0.1, 0.15) is 12.4 Å². The summed E-state index contributed by atoms with van der Waals surface area (Å²) in [5.41, 5.74) is 2.43. The van der Waals surface area contributed by atoms with Crippen LogP contribution in [0.15, 0.2) is 42.6 Å². The number of pyridine rings is 1. The van der Waals surface area contributed by atoms with Gasteiger partial charge in [0.25, 0.3) is 5.88 Å². The summed E-state index contributed by atoms with van der Waals surface area (Å²) in [5, 5.41) is 0. The summed E-state index contributed by atoms with van der Waals surface area (Å²) in [6.45, 7) is 5.41. The molecule has 1 aromatic heterocycles. The number of carbonyl (C=O) groups is 1. The Kier molecular flexibility index (Phi) is 5.91. The largest absolute Gasteiger partial charge is 0.484 e. The van der Waals surface area contributed by atoms with Crippen LogP contribution in [0, 0.1) is 5.92 Å². The third kappa shape index (κ3) is 4.71. The Hall–Kier alpha value is -2.40. The Balaban J connectivity index is 1.28. The van der Waals surface area contributed by atoms with Gasteiger partial charge in [0.15, 0.2) is 11.9 Å². The standard InChI is InChI=1S/C23H28N2O3/c1-17(26)4-5-18-10-13-25(14-11-18)15-19-6-8-20(9-7-19)22-16-27-21-3-2-12-24-23(21)28-22/h2-3,6-9,12,18,22H,4-5,10-11,13-16H2,1H3/t22-/m1/s1. The quantitative estimate of drug-likeness (QED) is 0.753. The van der Waals surface area contributed by atoms with Crippen LogP contribution >= 0.6 is 0 Å². The number of ether oxygens (including phenoxy) is 2. The molecule has 2 aliphatic heterocycles. The number of benzene rings is 1. The third-order valence-electron chi connectivity index (χ3n) is 5.75. The molecule has 0 radical (unpaired) electrons. The van der Waals surface area contributed by atoms with Gasteiger partial charge in [0.2, 0.25) is 0 Å². The molecule has 2 aromatic rings. The minimum Gasteiger partial charge on any atom is -0.484 e. The van der Waals surface area contributed by atoms with Gasteiger partial charge in [-0.15, -0.1) is 0 Å². The van der Waals surface area contributed by atoms with E-state index in [9.17, 15) is 4.79 Å². The Morgan fingerprint density at radius 2 is 1.96 bits per heavy atom. The molecule has 0 amide bonds. The molecule has 1 aromatic carbocycles. The maximum Gasteiger partial charge on any atom is 0.257 e. The number of fused-ring (bicyclic) bond motifs is 1. The lowest BCUT2D eigenvalue weighted by molar-refractivity contribution is -0.117. The van der Waals surface area contributed by atoms with Crippen molar-refractivity contribution in [2.75, 3.05) is 19.7 Å². The van der Waals surface area contributed by atoms with Crippen molar-refractivity contribution in [1.29, 1.82) is 0 Å². The minimum absolute atomic E-state index is 0.117. The van der Waals surface area contributed by atoms with E-state index in [0.717, 1.165) is 38.0 Å². The number of nitrogens with zero attached hydrogens (tertiary/aromatic N) is 2. The molecule has 1 saturated heterocycles. The average molecular weight is 380 g/mol. The van der Waals surface area contributed by atoms with E-state index >= 15 is 0 Å². The van der Waals surface area contributed by atoms with Crippen LogP contribution in [-0.4, -0.2) is 35.4 Å². The molecule has 148 valence electrons. The van der Waals surface area contributed by atoms with E-state index in [2.05, 4.69) is 34.1 Å². The smallest absolute Gasteiger partial charge is 0.257 e. The highest BCUT2D eigenvalue weighted by Gasteiger charge is 2.24. The monoisotopic (exact) mass is 380 g/mol. The van der Waals surface area contributed by atoms with Gasteiger partial charge >= 0.3 is 0 Å². The number of ketones is 1. The van der Waals surface area contributed by atoms with Crippen molar-refractivity contribution in [1.82, 2.24) is 9.88 Å². The van der Waals surface area contributed by atoms with Crippen LogP contribution in [0.25, 0.3) is 0 Å². The van der Waals surface area contributed by atoms with Crippen LogP contribution in [0.2, 0.25) is 0 Å². The van der Waals surface area contributed by atoms with Crippen molar-refractivity contribution in [3.8, 4) is 11.6 Å². The normalized spacial score (nSPS) is 20.1. The molecule has 28 heavy (non-hydrogen) atoms. The summed E-state index contributed by atoms with van der Waals surface area (Å²) in [5.74, 6) is 2.30. The molecule has 0 aliphatic carbocycles. The Labute approximate surface area is 166 Å². The van der Waals surface area contributed by atoms with E-state index in [0.29, 0.717) is 29.9 Å². The first kappa shape index (κ1) is 18.9. The number of likely N-dealkylation sites (tertiary alicyclic amines) is 1. The van der Waals surface area contributed by atoms with E-state index < -0.39 is 0 Å². The van der Waals surface area contributed by atoms with Gasteiger partial charge in [0, 0.05) is 19.2 Å². The molecule has 3 heterocycles. The van der Waals surface area contributed by atoms with Gasteiger partial charge in [-0.05, 0) is 68.5 Å². The zero-order valence-electron chi connectivity index (χ0n) is 16.5. The molecule has 1 atom stereocenters. The van der Waals surface area contributed by atoms with Gasteiger partial charge in [-0.1, -0.05) is 24.3 Å². The maximum absolute atomic E-state index is 11.2. The van der Waals surface area contributed by atoms with E-state index in [4.69, 9.17) is 9.47 Å². The van der Waals surface area contributed by atoms with Crippen LogP contribution in [0.4, 0.5) is 0 Å². The Bertz CT molecular complexity index is 798. The molecule has 5 heteroatoms. The summed E-state index contributed by atoms with van der Waals surface area (Å²) in [6.07, 6.45) is 5.79. The highest BCUT2D eigenvalue weighted by molar-refractivity contribution is 5.75. The molecule has 0 N–H and O–H groups in total. The van der Waals surface area contributed by atoms with Crippen LogP contribution in [0.3, 0.4) is 0 Å². The Morgan fingerprint density at radius 1 is 1.18 bits per heavy atom. The molecule has 0 bridgehead atoms. The molecule has 0 saturated carbocycles. The third-order valence-corrected chi connectivity index (χ3v) is 5.75. The lowest BCUT2D eigenvalue weighted by Gasteiger charge is -2.32. The lowest BCUT2D eigenvalue weighted by Crippen LogP contribution is -2.33. The van der Waals surface area contributed by atoms with Crippen molar-refractivity contribution < 1.29 is 14.3 Å². The summed E-state index contributed by atoms with van der Waals surface area (Å²) in [4.78, 5) is 17.9. The molecular weight excluding hydrogens is 352 g/mol. The van der Waals surface area contributed by atoms with Crippen LogP contribution < -0.4 is 9.47 Å². The number of carbonyl (C=O) groups excluding carboxylic acids is 1. The number of aromatic nitrogens is 1. The average Bonchev–Trinajstić information content (AvgIpc) is 2.73. The SMILES string of the molecule is CC(=O)CCC1CCN(Cc2ccc([C@H]3COc4cccnc4O3)cc2)CC1. The predicted octanol–water partition coefficient (Wildman–Crippen LogP) is 4.18. The van der Waals surface area contributed by atoms with Gasteiger partial charge in [-0.3, -0.25) is 4.90 Å². The highest BCUT2D eigenvalue weighted by Crippen LogP contribution is 2.34. The predicted molar refractivity (Wildman–Crippen MR) is 107 cm³/mol. The molecule has 1 fully saturated rings. The fourth-order valence-corrected chi connectivity index (χ4v) is 4.01. The molecule has 5 nitrogen and oxygen atoms in total. The minimum atomic E-state index is -0.117. The van der Waals surface area contributed by atoms with Crippen molar-refractivity contribution in [3.63, 3.8) is 0 Å². The van der Waals surface area contributed by atoms with E-state index in [1.54, 1.807) is 13.1 Å². The number of piperidine rings is 1. The van der Waals surface area contributed by atoms with Crippen LogP contribution in [0.5, 0.6) is 11.6 Å². The van der Waals surface area contributed by atoms with Crippen molar-refractivity contribution >= 4 is 5.78 Å². The molecule has 0 spiro atoms. The first-order valence-electron chi connectivity index (χ1n) is 10.2.